The molecule has 506 valence electrons. The van der Waals surface area contributed by atoms with Crippen molar-refractivity contribution in [3.8, 4) is 0 Å². The van der Waals surface area contributed by atoms with Gasteiger partial charge >= 0.3 is 30.3 Å². The molecular weight excluding hydrogens is 1190 g/mol. The number of carbonyl (C=O) groups is 7. The lowest BCUT2D eigenvalue weighted by Gasteiger charge is -2.23. The van der Waals surface area contributed by atoms with Gasteiger partial charge in [-0.1, -0.05) is 115 Å². The molecule has 18 nitrogen and oxygen atoms in total. The van der Waals surface area contributed by atoms with Gasteiger partial charge in [0.25, 0.3) is 0 Å². The second-order valence-electron chi connectivity index (χ2n) is 24.7. The number of ether oxygens (including phenoxy) is 4. The van der Waals surface area contributed by atoms with Crippen molar-refractivity contribution in [1.82, 2.24) is 25.8 Å². The minimum atomic E-state index is -0.738. The molecule has 5 aromatic carbocycles. The largest absolute Gasteiger partial charge is 0.481 e. The van der Waals surface area contributed by atoms with Crippen molar-refractivity contribution in [3.63, 3.8) is 0 Å². The summed E-state index contributed by atoms with van der Waals surface area (Å²) in [5, 5.41) is 16.6. The lowest BCUT2D eigenvalue weighted by molar-refractivity contribution is -0.137. The number of rotatable bonds is 30. The van der Waals surface area contributed by atoms with Crippen molar-refractivity contribution in [3.05, 3.63) is 176 Å². The molecule has 0 radical (unpaired) electrons. The van der Waals surface area contributed by atoms with E-state index in [2.05, 4.69) is 87.0 Å². The van der Waals surface area contributed by atoms with E-state index in [-0.39, 0.29) is 43.0 Å². The fraction of sp³-hybridized carbons (Fsp3) is 0.493. The molecule has 5 aromatic rings. The first-order valence-corrected chi connectivity index (χ1v) is 32.3. The van der Waals surface area contributed by atoms with Crippen LogP contribution in [0.25, 0.3) is 0 Å². The minimum absolute atomic E-state index is 0.000325. The van der Waals surface area contributed by atoms with Crippen LogP contribution in [0.3, 0.4) is 0 Å². The van der Waals surface area contributed by atoms with Crippen LogP contribution in [0.15, 0.2) is 115 Å². The van der Waals surface area contributed by atoms with E-state index in [1.54, 1.807) is 9.80 Å². The summed E-state index contributed by atoms with van der Waals surface area (Å²) in [5.41, 5.74) is 17.3. The Morgan fingerprint density at radius 3 is 1.16 bits per heavy atom. The molecule has 0 saturated carbocycles. The van der Waals surface area contributed by atoms with E-state index in [4.69, 9.17) is 41.4 Å². The van der Waals surface area contributed by atoms with E-state index in [1.807, 2.05) is 127 Å². The van der Waals surface area contributed by atoms with Crippen LogP contribution < -0.4 is 21.7 Å². The van der Waals surface area contributed by atoms with Crippen LogP contribution in [-0.2, 0) is 65.8 Å². The molecule has 5 rings (SSSR count). The van der Waals surface area contributed by atoms with Crippen LogP contribution in [0.5, 0.6) is 0 Å². The maximum Gasteiger partial charge on any atom is 0.410 e. The number of hydrogen-bond acceptors (Lipinski definition) is 12. The van der Waals surface area contributed by atoms with E-state index in [9.17, 15) is 33.6 Å². The molecule has 0 atom stereocenters. The number of amides is 5. The lowest BCUT2D eigenvalue weighted by Crippen LogP contribution is -2.36. The molecular formula is C73H105ClN6O12. The van der Waals surface area contributed by atoms with E-state index >= 15 is 0 Å². The summed E-state index contributed by atoms with van der Waals surface area (Å²) in [6.45, 7) is 27.8. The predicted octanol–water partition coefficient (Wildman–Crippen LogP) is 14.3. The van der Waals surface area contributed by atoms with E-state index in [0.717, 1.165) is 47.9 Å². The number of carbonyl (C=O) groups excluding carboxylic acids is 6. The number of carboxylic acids is 1. The van der Waals surface area contributed by atoms with Crippen LogP contribution in [0.4, 0.5) is 19.2 Å². The lowest BCUT2D eigenvalue weighted by atomic mass is 10.0. The molecule has 0 aliphatic rings. The van der Waals surface area contributed by atoms with Crippen LogP contribution in [0.2, 0.25) is 0 Å². The van der Waals surface area contributed by atoms with Gasteiger partial charge in [-0.05, 0) is 220 Å². The van der Waals surface area contributed by atoms with Crippen LogP contribution >= 0.6 is 11.6 Å². The highest BCUT2D eigenvalue weighted by molar-refractivity contribution is 6.63. The molecule has 0 aliphatic carbocycles. The fourth-order valence-electron chi connectivity index (χ4n) is 8.57. The normalized spacial score (nSPS) is 10.7. The van der Waals surface area contributed by atoms with Gasteiger partial charge in [0.15, 0.2) is 0 Å². The molecule has 92 heavy (non-hydrogen) atoms. The van der Waals surface area contributed by atoms with Gasteiger partial charge in [0.2, 0.25) is 11.1 Å². The summed E-state index contributed by atoms with van der Waals surface area (Å²) in [6.07, 6.45) is 5.72. The SMILES string of the molecule is CC(C)(C)OC(=O)NCCCCN(CCCN)C(=O)OCc1ccccc1.Cc1ccc(CCC(=O)Cl)cc1C.Cc1ccc(CCC(=O)NCCCN(CCCCNC(=O)OC(C)(C)C)C(=O)OCc2ccccc2)cc1C.Cc1ccc(CCC(=O)O)cc1C. The topological polar surface area (TPSA) is 245 Å². The number of alkyl carbamates (subject to hydrolysis) is 2. The Kier molecular flexibility index (Phi) is 38.8. The number of nitrogens with zero attached hydrogens (tertiary/aromatic N) is 2. The number of nitrogens with one attached hydrogen (secondary N) is 3. The van der Waals surface area contributed by atoms with Gasteiger partial charge in [-0.25, -0.2) is 19.2 Å². The Morgan fingerprint density at radius 2 is 0.804 bits per heavy atom. The first-order valence-electron chi connectivity index (χ1n) is 31.9. The number of aryl methyl sites for hydroxylation is 9. The number of unbranched alkanes of at least 4 members (excludes halogenated alkanes) is 2. The van der Waals surface area contributed by atoms with Crippen LogP contribution in [-0.4, -0.2) is 120 Å². The third-order valence-electron chi connectivity index (χ3n) is 14.1. The Balaban J connectivity index is 0.000000465. The van der Waals surface area contributed by atoms with Gasteiger partial charge < -0.3 is 55.5 Å². The molecule has 5 amide bonds. The second-order valence-corrected chi connectivity index (χ2v) is 25.1. The van der Waals surface area contributed by atoms with Crippen molar-refractivity contribution in [2.45, 2.75) is 185 Å². The monoisotopic (exact) mass is 1290 g/mol. The Hall–Kier alpha value is -7.96. The Labute approximate surface area is 553 Å². The summed E-state index contributed by atoms with van der Waals surface area (Å²) >= 11 is 5.26. The van der Waals surface area contributed by atoms with Gasteiger partial charge in [0.1, 0.15) is 24.4 Å². The predicted molar refractivity (Wildman–Crippen MR) is 366 cm³/mol. The van der Waals surface area contributed by atoms with E-state index in [0.29, 0.717) is 97.3 Å². The van der Waals surface area contributed by atoms with Crippen molar-refractivity contribution in [2.24, 2.45) is 5.73 Å². The fourth-order valence-corrected chi connectivity index (χ4v) is 8.67. The van der Waals surface area contributed by atoms with Gasteiger partial charge in [-0.3, -0.25) is 14.4 Å². The number of aliphatic carboxylic acids is 1. The molecule has 0 saturated heterocycles. The van der Waals surface area contributed by atoms with Gasteiger partial charge in [-0.15, -0.1) is 0 Å². The summed E-state index contributed by atoms with van der Waals surface area (Å²) in [6, 6.07) is 37.7. The van der Waals surface area contributed by atoms with E-state index in [1.165, 1.54) is 38.9 Å². The highest BCUT2D eigenvalue weighted by Gasteiger charge is 2.19. The number of benzene rings is 5. The molecule has 0 unspecified atom stereocenters. The summed E-state index contributed by atoms with van der Waals surface area (Å²) < 4.78 is 21.4. The quantitative estimate of drug-likeness (QED) is 0.0163. The average Bonchev–Trinajstić information content (AvgIpc) is 1.45. The molecule has 6 N–H and O–H groups in total. The molecule has 0 spiro atoms. The Bertz CT molecular complexity index is 2940. The number of nitrogens with two attached hydrogens (primary N) is 1. The number of hydrogen-bond donors (Lipinski definition) is 5. The summed E-state index contributed by atoms with van der Waals surface area (Å²) in [4.78, 5) is 85.1. The zero-order chi connectivity index (χ0) is 68.5. The van der Waals surface area contributed by atoms with Gasteiger partial charge in [0.05, 0.1) is 0 Å². The maximum atomic E-state index is 12.8. The van der Waals surface area contributed by atoms with Crippen LogP contribution in [0, 0.1) is 41.5 Å². The van der Waals surface area contributed by atoms with Crippen molar-refractivity contribution < 1.29 is 57.6 Å². The minimum Gasteiger partial charge on any atom is -0.481 e. The maximum absolute atomic E-state index is 12.8. The molecule has 0 aliphatic heterocycles. The van der Waals surface area contributed by atoms with Gasteiger partial charge in [-0.2, -0.15) is 0 Å². The standard InChI is InChI=1S/C31H45N3O5.C20H33N3O4.C11H13ClO.C11H14O2/c1-24-14-15-26(22-25(24)2)16-17-28(35)32-19-11-21-34(30(37)38-23-27-12-7-6-8-13-27)20-10-9-18-33-29(36)39-31(3,4)5;1-20(2,3)27-18(24)22-13-7-8-14-23(15-9-12-21)19(25)26-16-17-10-5-4-6-11-17;2*1-8-3-4-10(7-9(8)2)5-6-11(12)13/h6-8,12-15,22H,9-11,16-21,23H2,1-5H3,(H,32,35)(H,33,36);4-6,10-11H,7-9,12-16,21H2,1-3H3,(H,22,24);3-4,7H,5-6H2,1-2H3;3-4,7H,5-6H2,1-2H3,(H,12,13). The van der Waals surface area contributed by atoms with Gasteiger partial charge in [0, 0.05) is 65.1 Å². The Morgan fingerprint density at radius 1 is 0.446 bits per heavy atom. The number of carboxylic acid groups (broad SMARTS) is 1. The zero-order valence-electron chi connectivity index (χ0n) is 56.8. The first kappa shape index (κ1) is 80.1. The van der Waals surface area contributed by atoms with E-state index < -0.39 is 29.4 Å². The molecule has 0 bridgehead atoms. The average molecular weight is 1290 g/mol. The van der Waals surface area contributed by atoms with Crippen molar-refractivity contribution >= 4 is 53.1 Å². The van der Waals surface area contributed by atoms with Crippen molar-refractivity contribution in [2.75, 3.05) is 52.4 Å². The van der Waals surface area contributed by atoms with Crippen molar-refractivity contribution in [1.29, 1.82) is 0 Å². The smallest absolute Gasteiger partial charge is 0.410 e. The third-order valence-corrected chi connectivity index (χ3v) is 14.3. The highest BCUT2D eigenvalue weighted by atomic mass is 35.5. The molecule has 19 heteroatoms. The highest BCUT2D eigenvalue weighted by Crippen LogP contribution is 2.16. The summed E-state index contributed by atoms with van der Waals surface area (Å²) in [7, 11) is 0. The summed E-state index contributed by atoms with van der Waals surface area (Å²) in [5.74, 6) is -0.738. The van der Waals surface area contributed by atoms with Crippen LogP contribution in [0.1, 0.15) is 161 Å². The first-order chi connectivity index (χ1) is 43.5. The second kappa shape index (κ2) is 44.5. The third kappa shape index (κ3) is 39.3. The molecule has 0 fully saturated rings. The number of halogens is 1. The molecule has 0 heterocycles. The molecule has 0 aromatic heterocycles. The zero-order valence-corrected chi connectivity index (χ0v) is 57.6.